The van der Waals surface area contributed by atoms with Crippen molar-refractivity contribution in [3.05, 3.63) is 53.9 Å². The summed E-state index contributed by atoms with van der Waals surface area (Å²) in [7, 11) is 1.91. The summed E-state index contributed by atoms with van der Waals surface area (Å²) in [6.07, 6.45) is 3.01. The number of nitrogens with zero attached hydrogens (tertiary/aromatic N) is 4. The Labute approximate surface area is 141 Å². The van der Waals surface area contributed by atoms with Gasteiger partial charge < -0.3 is 10.0 Å². The van der Waals surface area contributed by atoms with Crippen molar-refractivity contribution in [3.8, 4) is 0 Å². The first-order chi connectivity index (χ1) is 11.6. The molecule has 2 aliphatic heterocycles. The molecule has 24 heavy (non-hydrogen) atoms. The van der Waals surface area contributed by atoms with E-state index in [2.05, 4.69) is 10.00 Å². The van der Waals surface area contributed by atoms with Gasteiger partial charge in [-0.05, 0) is 5.56 Å². The monoisotopic (exact) mass is 326 g/mol. The van der Waals surface area contributed by atoms with Crippen molar-refractivity contribution in [2.45, 2.75) is 25.2 Å². The molecule has 0 aliphatic carbocycles. The summed E-state index contributed by atoms with van der Waals surface area (Å²) < 4.78 is 1.80. The normalized spacial score (nSPS) is 27.0. The first kappa shape index (κ1) is 15.4. The molecule has 0 saturated carbocycles. The Morgan fingerprint density at radius 1 is 1.17 bits per heavy atom. The summed E-state index contributed by atoms with van der Waals surface area (Å²) >= 11 is 0. The number of aryl methyl sites for hydroxylation is 1. The maximum atomic E-state index is 12.4. The third kappa shape index (κ3) is 2.72. The van der Waals surface area contributed by atoms with E-state index in [1.165, 1.54) is 0 Å². The van der Waals surface area contributed by atoms with Crippen LogP contribution in [0.4, 0.5) is 0 Å². The molecule has 126 valence electrons. The molecule has 1 amide bonds. The molecule has 0 bridgehead atoms. The molecule has 4 rings (SSSR count). The molecule has 3 heterocycles. The average molecular weight is 326 g/mol. The van der Waals surface area contributed by atoms with Crippen LogP contribution in [0, 0.1) is 5.92 Å². The van der Waals surface area contributed by atoms with Gasteiger partial charge >= 0.3 is 0 Å². The summed E-state index contributed by atoms with van der Waals surface area (Å²) in [6, 6.07) is 10.1. The number of benzene rings is 1. The fraction of sp³-hybridized carbons (Fsp3) is 0.444. The summed E-state index contributed by atoms with van der Waals surface area (Å²) in [5.41, 5.74) is 2.26. The van der Waals surface area contributed by atoms with E-state index in [-0.39, 0.29) is 17.9 Å². The minimum absolute atomic E-state index is 0.00196. The van der Waals surface area contributed by atoms with E-state index in [4.69, 9.17) is 0 Å². The number of aliphatic hydroxyl groups excluding tert-OH is 1. The zero-order valence-corrected chi connectivity index (χ0v) is 13.7. The third-order valence-corrected chi connectivity index (χ3v) is 5.11. The Morgan fingerprint density at radius 2 is 1.96 bits per heavy atom. The highest BCUT2D eigenvalue weighted by Gasteiger charge is 2.51. The molecule has 0 unspecified atom stereocenters. The van der Waals surface area contributed by atoms with Crippen LogP contribution in [-0.4, -0.2) is 55.8 Å². The van der Waals surface area contributed by atoms with Crippen LogP contribution >= 0.6 is 0 Å². The zero-order chi connectivity index (χ0) is 16.7. The Hall–Kier alpha value is -2.18. The molecule has 6 heteroatoms. The summed E-state index contributed by atoms with van der Waals surface area (Å²) in [5, 5.41) is 14.6. The van der Waals surface area contributed by atoms with E-state index < -0.39 is 6.10 Å². The van der Waals surface area contributed by atoms with E-state index in [1.807, 2.05) is 54.7 Å². The number of hydrogen-bond donors (Lipinski definition) is 1. The smallest absolute Gasteiger partial charge is 0.252 e. The van der Waals surface area contributed by atoms with Crippen molar-refractivity contribution in [3.63, 3.8) is 0 Å². The molecule has 6 nitrogen and oxygen atoms in total. The van der Waals surface area contributed by atoms with Gasteiger partial charge in [0, 0.05) is 50.9 Å². The topological polar surface area (TPSA) is 61.6 Å². The van der Waals surface area contributed by atoms with Crippen molar-refractivity contribution < 1.29 is 9.90 Å². The maximum Gasteiger partial charge on any atom is 0.252 e. The summed E-state index contributed by atoms with van der Waals surface area (Å²) in [5.74, 6) is -0.132. The lowest BCUT2D eigenvalue weighted by molar-refractivity contribution is -0.136. The first-order valence-corrected chi connectivity index (χ1v) is 8.34. The van der Waals surface area contributed by atoms with Crippen LogP contribution in [0.25, 0.3) is 0 Å². The van der Waals surface area contributed by atoms with Gasteiger partial charge in [-0.2, -0.15) is 5.10 Å². The van der Waals surface area contributed by atoms with Gasteiger partial charge in [-0.1, -0.05) is 30.3 Å². The fourth-order valence-electron chi connectivity index (χ4n) is 3.97. The van der Waals surface area contributed by atoms with E-state index in [1.54, 1.807) is 4.68 Å². The Bertz CT molecular complexity index is 730. The van der Waals surface area contributed by atoms with Crippen LogP contribution in [0.3, 0.4) is 0 Å². The molecule has 2 fully saturated rings. The number of aliphatic hydroxyl groups is 1. The number of hydrogen-bond acceptors (Lipinski definition) is 4. The number of rotatable bonds is 4. The molecule has 1 aromatic carbocycles. The highest BCUT2D eigenvalue weighted by molar-refractivity contribution is 5.84. The standard InChI is InChI=1S/C18H22N4O2/c1-20-8-14(7-19-20)9-21-11-15-16(12-21)22(18(24)17(15)23)10-13-5-3-2-4-6-13/h2-8,15-17,23H,9-12H2,1H3/t15-,16+,17-/m0/s1. The number of fused-ring (bicyclic) bond motifs is 1. The minimum Gasteiger partial charge on any atom is -0.383 e. The second kappa shape index (κ2) is 6.03. The Balaban J connectivity index is 1.48. The minimum atomic E-state index is -0.877. The molecule has 3 atom stereocenters. The number of likely N-dealkylation sites (tertiary alicyclic amines) is 2. The first-order valence-electron chi connectivity index (χ1n) is 8.34. The van der Waals surface area contributed by atoms with Gasteiger partial charge in [0.05, 0.1) is 12.2 Å². The van der Waals surface area contributed by atoms with Crippen LogP contribution < -0.4 is 0 Å². The lowest BCUT2D eigenvalue weighted by Gasteiger charge is -2.25. The molecule has 1 N–H and O–H groups in total. The van der Waals surface area contributed by atoms with Crippen molar-refractivity contribution in [2.24, 2.45) is 13.0 Å². The predicted molar refractivity (Wildman–Crippen MR) is 88.8 cm³/mol. The van der Waals surface area contributed by atoms with Crippen molar-refractivity contribution in [1.82, 2.24) is 19.6 Å². The highest BCUT2D eigenvalue weighted by atomic mass is 16.3. The van der Waals surface area contributed by atoms with Gasteiger partial charge in [-0.25, -0.2) is 0 Å². The van der Waals surface area contributed by atoms with Crippen LogP contribution in [0.1, 0.15) is 11.1 Å². The van der Waals surface area contributed by atoms with Crippen molar-refractivity contribution >= 4 is 5.91 Å². The van der Waals surface area contributed by atoms with E-state index in [0.717, 1.165) is 30.8 Å². The predicted octanol–water partition coefficient (Wildman–Crippen LogP) is 0.624. The lowest BCUT2D eigenvalue weighted by Crippen LogP contribution is -2.38. The molecule has 2 saturated heterocycles. The Morgan fingerprint density at radius 3 is 2.67 bits per heavy atom. The molecular formula is C18H22N4O2. The molecule has 0 spiro atoms. The van der Waals surface area contributed by atoms with Crippen LogP contribution in [0.5, 0.6) is 0 Å². The quantitative estimate of drug-likeness (QED) is 0.895. The number of aromatic nitrogens is 2. The number of carbonyl (C=O) groups excluding carboxylic acids is 1. The fourth-order valence-corrected chi connectivity index (χ4v) is 3.97. The zero-order valence-electron chi connectivity index (χ0n) is 13.7. The largest absolute Gasteiger partial charge is 0.383 e. The highest BCUT2D eigenvalue weighted by Crippen LogP contribution is 2.34. The maximum absolute atomic E-state index is 12.4. The summed E-state index contributed by atoms with van der Waals surface area (Å²) in [6.45, 7) is 2.92. The third-order valence-electron chi connectivity index (χ3n) is 5.11. The molecule has 2 aromatic rings. The van der Waals surface area contributed by atoms with Gasteiger partial charge in [0.15, 0.2) is 0 Å². The van der Waals surface area contributed by atoms with Crippen molar-refractivity contribution in [2.75, 3.05) is 13.1 Å². The van der Waals surface area contributed by atoms with Crippen molar-refractivity contribution in [1.29, 1.82) is 0 Å². The van der Waals surface area contributed by atoms with Gasteiger partial charge in [0.25, 0.3) is 5.91 Å². The molecule has 1 aromatic heterocycles. The van der Waals surface area contributed by atoms with Gasteiger partial charge in [0.1, 0.15) is 6.10 Å². The van der Waals surface area contributed by atoms with Crippen LogP contribution in [0.15, 0.2) is 42.7 Å². The van der Waals surface area contributed by atoms with Crippen LogP contribution in [-0.2, 0) is 24.9 Å². The van der Waals surface area contributed by atoms with E-state index in [9.17, 15) is 9.90 Å². The Kier molecular flexibility index (Phi) is 3.86. The van der Waals surface area contributed by atoms with Crippen LogP contribution in [0.2, 0.25) is 0 Å². The number of amides is 1. The van der Waals surface area contributed by atoms with E-state index in [0.29, 0.717) is 6.54 Å². The van der Waals surface area contributed by atoms with Gasteiger partial charge in [0.2, 0.25) is 0 Å². The summed E-state index contributed by atoms with van der Waals surface area (Å²) in [4.78, 5) is 16.6. The van der Waals surface area contributed by atoms with Gasteiger partial charge in [-0.3, -0.25) is 14.4 Å². The molecular weight excluding hydrogens is 304 g/mol. The average Bonchev–Trinajstić information content (AvgIpc) is 3.23. The second-order valence-corrected chi connectivity index (χ2v) is 6.84. The van der Waals surface area contributed by atoms with E-state index >= 15 is 0 Å². The number of carbonyl (C=O) groups is 1. The van der Waals surface area contributed by atoms with Gasteiger partial charge in [-0.15, -0.1) is 0 Å². The second-order valence-electron chi connectivity index (χ2n) is 6.84. The molecule has 0 radical (unpaired) electrons. The SMILES string of the molecule is Cn1cc(CN2C[C@@H]3[C@H](O)C(=O)N(Cc4ccccc4)[C@@H]3C2)cn1. The lowest BCUT2D eigenvalue weighted by atomic mass is 10.0. The molecule has 2 aliphatic rings.